The van der Waals surface area contributed by atoms with Gasteiger partial charge < -0.3 is 10.5 Å². The van der Waals surface area contributed by atoms with Crippen molar-refractivity contribution in [2.45, 2.75) is 45.3 Å². The van der Waals surface area contributed by atoms with Gasteiger partial charge in [-0.1, -0.05) is 6.58 Å². The predicted molar refractivity (Wildman–Crippen MR) is 66.9 cm³/mol. The summed E-state index contributed by atoms with van der Waals surface area (Å²) in [6, 6.07) is 0. The van der Waals surface area contributed by atoms with Crippen molar-refractivity contribution in [3.8, 4) is 0 Å². The zero-order valence-corrected chi connectivity index (χ0v) is 11.4. The summed E-state index contributed by atoms with van der Waals surface area (Å²) >= 11 is 0. The van der Waals surface area contributed by atoms with Gasteiger partial charge in [-0.25, -0.2) is 8.42 Å². The Morgan fingerprint density at radius 1 is 1.31 bits per heavy atom. The van der Waals surface area contributed by atoms with Crippen LogP contribution in [0.3, 0.4) is 0 Å². The lowest BCUT2D eigenvalue weighted by Crippen LogP contribution is -2.41. The molecule has 0 saturated heterocycles. The lowest BCUT2D eigenvalue weighted by Gasteiger charge is -2.29. The molecule has 0 aliphatic heterocycles. The smallest absolute Gasteiger partial charge is 0.171 e. The highest BCUT2D eigenvalue weighted by Gasteiger charge is 2.24. The molecule has 0 aromatic carbocycles. The van der Waals surface area contributed by atoms with Crippen molar-refractivity contribution in [1.29, 1.82) is 0 Å². The van der Waals surface area contributed by atoms with Gasteiger partial charge in [-0.2, -0.15) is 0 Å². The van der Waals surface area contributed by atoms with Gasteiger partial charge in [0.05, 0.1) is 18.0 Å². The van der Waals surface area contributed by atoms with Crippen molar-refractivity contribution in [3.05, 3.63) is 12.0 Å². The van der Waals surface area contributed by atoms with Crippen LogP contribution in [0.5, 0.6) is 0 Å². The Hall–Kier alpha value is -0.390. The maximum atomic E-state index is 11.2. The molecule has 0 radical (unpaired) electrons. The monoisotopic (exact) mass is 249 g/mol. The Morgan fingerprint density at radius 2 is 1.81 bits per heavy atom. The van der Waals surface area contributed by atoms with Crippen LogP contribution in [0, 0.1) is 0 Å². The molecule has 0 aliphatic carbocycles. The summed E-state index contributed by atoms with van der Waals surface area (Å²) in [7, 11) is -3.15. The third-order valence-corrected chi connectivity index (χ3v) is 3.36. The summed E-state index contributed by atoms with van der Waals surface area (Å²) in [6.07, 6.45) is 0.428. The first-order valence-corrected chi connectivity index (χ1v) is 6.97. The average Bonchev–Trinajstić information content (AvgIpc) is 2.12. The highest BCUT2D eigenvalue weighted by molar-refractivity contribution is 7.94. The van der Waals surface area contributed by atoms with E-state index in [2.05, 4.69) is 6.58 Å². The number of ether oxygens (including phenoxy) is 1. The molecule has 0 bridgehead atoms. The number of rotatable bonds is 7. The van der Waals surface area contributed by atoms with E-state index >= 15 is 0 Å². The van der Waals surface area contributed by atoms with E-state index in [1.165, 1.54) is 0 Å². The first-order valence-electron chi connectivity index (χ1n) is 5.25. The van der Waals surface area contributed by atoms with Crippen molar-refractivity contribution >= 4 is 9.84 Å². The molecular weight excluding hydrogens is 226 g/mol. The zero-order valence-electron chi connectivity index (χ0n) is 10.6. The Bertz CT molecular complexity index is 326. The van der Waals surface area contributed by atoms with Crippen LogP contribution in [0.4, 0.5) is 0 Å². The van der Waals surface area contributed by atoms with E-state index in [-0.39, 0.29) is 5.75 Å². The molecule has 0 fully saturated rings. The van der Waals surface area contributed by atoms with Gasteiger partial charge in [-0.15, -0.1) is 0 Å². The van der Waals surface area contributed by atoms with Crippen LogP contribution >= 0.6 is 0 Å². The lowest BCUT2D eigenvalue weighted by molar-refractivity contribution is -0.0378. The van der Waals surface area contributed by atoms with E-state index in [1.807, 2.05) is 27.7 Å². The van der Waals surface area contributed by atoms with Gasteiger partial charge in [0, 0.05) is 10.9 Å². The van der Waals surface area contributed by atoms with Crippen molar-refractivity contribution in [3.63, 3.8) is 0 Å². The molecule has 0 aromatic rings. The van der Waals surface area contributed by atoms with Crippen LogP contribution in [-0.4, -0.2) is 31.9 Å². The molecule has 0 amide bonds. The lowest BCUT2D eigenvalue weighted by atomic mass is 10.0. The standard InChI is InChI=1S/C11H23NO3S/c1-6-16(13,14)8-7-11(4,5)15-9-10(2,3)12/h6H,1,7-9,12H2,2-5H3. The fourth-order valence-electron chi connectivity index (χ4n) is 0.925. The maximum absolute atomic E-state index is 11.2. The molecule has 0 atom stereocenters. The molecule has 4 nitrogen and oxygen atoms in total. The molecule has 0 unspecified atom stereocenters. The normalized spacial score (nSPS) is 13.8. The summed E-state index contributed by atoms with van der Waals surface area (Å²) in [4.78, 5) is 0. The van der Waals surface area contributed by atoms with Crippen LogP contribution in [0.25, 0.3) is 0 Å². The van der Waals surface area contributed by atoms with E-state index in [1.54, 1.807) is 0 Å². The molecule has 16 heavy (non-hydrogen) atoms. The van der Waals surface area contributed by atoms with E-state index in [9.17, 15) is 8.42 Å². The molecule has 0 rings (SSSR count). The van der Waals surface area contributed by atoms with Gasteiger partial charge >= 0.3 is 0 Å². The third-order valence-electron chi connectivity index (χ3n) is 2.08. The van der Waals surface area contributed by atoms with E-state index < -0.39 is 21.0 Å². The van der Waals surface area contributed by atoms with Crippen molar-refractivity contribution < 1.29 is 13.2 Å². The van der Waals surface area contributed by atoms with Gasteiger partial charge in [-0.3, -0.25) is 0 Å². The SMILES string of the molecule is C=CS(=O)(=O)CCC(C)(C)OCC(C)(C)N. The minimum absolute atomic E-state index is 0.0501. The van der Waals surface area contributed by atoms with E-state index in [4.69, 9.17) is 10.5 Å². The zero-order chi connectivity index (χ0) is 13.0. The van der Waals surface area contributed by atoms with Crippen LogP contribution in [0.1, 0.15) is 34.1 Å². The first kappa shape index (κ1) is 15.6. The third kappa shape index (κ3) is 7.84. The second kappa shape index (κ2) is 5.29. The van der Waals surface area contributed by atoms with Gasteiger partial charge in [0.25, 0.3) is 0 Å². The van der Waals surface area contributed by atoms with Crippen molar-refractivity contribution in [2.24, 2.45) is 5.73 Å². The summed E-state index contributed by atoms with van der Waals surface area (Å²) < 4.78 is 28.1. The second-order valence-corrected chi connectivity index (χ2v) is 7.39. The molecule has 2 N–H and O–H groups in total. The van der Waals surface area contributed by atoms with Crippen LogP contribution in [0.2, 0.25) is 0 Å². The molecule has 0 saturated carbocycles. The largest absolute Gasteiger partial charge is 0.374 e. The highest BCUT2D eigenvalue weighted by Crippen LogP contribution is 2.17. The molecule has 0 aromatic heterocycles. The minimum Gasteiger partial charge on any atom is -0.374 e. The molecule has 5 heteroatoms. The minimum atomic E-state index is -3.15. The number of nitrogens with two attached hydrogens (primary N) is 1. The summed E-state index contributed by atoms with van der Waals surface area (Å²) in [5.41, 5.74) is 4.89. The second-order valence-electron chi connectivity index (χ2n) is 5.32. The Kier molecular flexibility index (Phi) is 5.16. The topological polar surface area (TPSA) is 69.4 Å². The average molecular weight is 249 g/mol. The van der Waals surface area contributed by atoms with Gasteiger partial charge in [-0.05, 0) is 34.1 Å². The number of sulfone groups is 1. The first-order chi connectivity index (χ1) is 6.97. The predicted octanol–water partition coefficient (Wildman–Crippen LogP) is 1.47. The molecule has 96 valence electrons. The quantitative estimate of drug-likeness (QED) is 0.741. The molecular formula is C11H23NO3S. The highest BCUT2D eigenvalue weighted by atomic mass is 32.2. The van der Waals surface area contributed by atoms with Gasteiger partial charge in [0.15, 0.2) is 9.84 Å². The molecule has 0 heterocycles. The fourth-order valence-corrected chi connectivity index (χ4v) is 1.87. The van der Waals surface area contributed by atoms with E-state index in [0.29, 0.717) is 13.0 Å². The van der Waals surface area contributed by atoms with Crippen LogP contribution in [-0.2, 0) is 14.6 Å². The van der Waals surface area contributed by atoms with Crippen molar-refractivity contribution in [1.82, 2.24) is 0 Å². The van der Waals surface area contributed by atoms with Crippen LogP contribution < -0.4 is 5.73 Å². The maximum Gasteiger partial charge on any atom is 0.171 e. The van der Waals surface area contributed by atoms with Crippen LogP contribution in [0.15, 0.2) is 12.0 Å². The Balaban J connectivity index is 4.21. The van der Waals surface area contributed by atoms with E-state index in [0.717, 1.165) is 5.41 Å². The fraction of sp³-hybridized carbons (Fsp3) is 0.818. The Labute approximate surface area is 98.8 Å². The molecule has 0 aliphatic rings. The van der Waals surface area contributed by atoms with Crippen molar-refractivity contribution in [2.75, 3.05) is 12.4 Å². The van der Waals surface area contributed by atoms with Gasteiger partial charge in [0.2, 0.25) is 0 Å². The summed E-state index contributed by atoms with van der Waals surface area (Å²) in [6.45, 7) is 11.1. The van der Waals surface area contributed by atoms with Gasteiger partial charge in [0.1, 0.15) is 0 Å². The summed E-state index contributed by atoms with van der Waals surface area (Å²) in [5.74, 6) is 0.0501. The molecule has 0 spiro atoms. The number of hydrogen-bond donors (Lipinski definition) is 1. The summed E-state index contributed by atoms with van der Waals surface area (Å²) in [5, 5.41) is 0.982. The Morgan fingerprint density at radius 3 is 2.19 bits per heavy atom. The number of hydrogen-bond acceptors (Lipinski definition) is 4.